The highest BCUT2D eigenvalue weighted by atomic mass is 16.5. The summed E-state index contributed by atoms with van der Waals surface area (Å²) in [7, 11) is 0. The molecule has 1 fully saturated rings. The highest BCUT2D eigenvalue weighted by molar-refractivity contribution is 5.95. The summed E-state index contributed by atoms with van der Waals surface area (Å²) in [5.41, 5.74) is 0.150. The number of fused-ring (bicyclic) bond motifs is 2. The number of nitrogens with zero attached hydrogens (tertiary/aromatic N) is 3. The molecule has 1 aromatic heterocycles. The molecule has 0 spiro atoms. The van der Waals surface area contributed by atoms with Crippen LogP contribution in [0.1, 0.15) is 89.9 Å². The van der Waals surface area contributed by atoms with Gasteiger partial charge in [0.1, 0.15) is 17.8 Å². The number of aliphatic hydroxyl groups is 1. The molecule has 9 heteroatoms. The van der Waals surface area contributed by atoms with Crippen molar-refractivity contribution in [1.82, 2.24) is 14.5 Å². The molecule has 214 valence electrons. The number of unbranched alkanes of at least 4 members (excludes halogenated alkanes) is 4. The number of benzene rings is 1. The van der Waals surface area contributed by atoms with Crippen molar-refractivity contribution in [2.24, 2.45) is 5.92 Å². The van der Waals surface area contributed by atoms with Gasteiger partial charge in [0.15, 0.2) is 0 Å². The molecule has 2 N–H and O–H groups in total. The SMILES string of the molecule is O=C1Cn2c(nc3c(OCCCC(=O)N(CCCCCCO)CCCCC4CCCCC4)cccc3c2=O)N1. The van der Waals surface area contributed by atoms with E-state index < -0.39 is 0 Å². The Morgan fingerprint density at radius 3 is 2.59 bits per heavy atom. The van der Waals surface area contributed by atoms with E-state index in [4.69, 9.17) is 9.84 Å². The van der Waals surface area contributed by atoms with Crippen molar-refractivity contribution in [3.05, 3.63) is 28.6 Å². The highest BCUT2D eigenvalue weighted by Gasteiger charge is 2.23. The van der Waals surface area contributed by atoms with Crippen LogP contribution in [0, 0.1) is 5.92 Å². The first-order valence-corrected chi connectivity index (χ1v) is 14.9. The quantitative estimate of drug-likeness (QED) is 0.300. The minimum atomic E-state index is -0.271. The average Bonchev–Trinajstić information content (AvgIpc) is 3.33. The molecule has 1 aliphatic carbocycles. The van der Waals surface area contributed by atoms with Gasteiger partial charge in [-0.15, -0.1) is 0 Å². The maximum absolute atomic E-state index is 13.1. The molecule has 1 aromatic carbocycles. The normalized spacial score (nSPS) is 15.4. The molecule has 9 nitrogen and oxygen atoms in total. The van der Waals surface area contributed by atoms with Gasteiger partial charge in [-0.2, -0.15) is 0 Å². The van der Waals surface area contributed by atoms with E-state index in [9.17, 15) is 14.4 Å². The molecule has 0 saturated heterocycles. The molecule has 1 saturated carbocycles. The van der Waals surface area contributed by atoms with Crippen molar-refractivity contribution >= 4 is 28.7 Å². The first-order valence-electron chi connectivity index (χ1n) is 14.9. The van der Waals surface area contributed by atoms with Gasteiger partial charge in [0.25, 0.3) is 5.56 Å². The van der Waals surface area contributed by atoms with E-state index >= 15 is 0 Å². The number of para-hydroxylation sites is 1. The van der Waals surface area contributed by atoms with Gasteiger partial charge in [-0.1, -0.05) is 63.9 Å². The van der Waals surface area contributed by atoms with E-state index in [1.54, 1.807) is 18.2 Å². The predicted molar refractivity (Wildman–Crippen MR) is 152 cm³/mol. The Bertz CT molecular complexity index is 1160. The van der Waals surface area contributed by atoms with E-state index in [1.807, 2.05) is 4.90 Å². The van der Waals surface area contributed by atoms with Gasteiger partial charge in [-0.25, -0.2) is 4.98 Å². The smallest absolute Gasteiger partial charge is 0.263 e. The molecule has 0 unspecified atom stereocenters. The highest BCUT2D eigenvalue weighted by Crippen LogP contribution is 2.28. The zero-order chi connectivity index (χ0) is 27.5. The molecule has 2 heterocycles. The lowest BCUT2D eigenvalue weighted by atomic mass is 9.86. The Hall–Kier alpha value is -2.94. The van der Waals surface area contributed by atoms with Crippen LogP contribution in [-0.4, -0.2) is 57.7 Å². The Morgan fingerprint density at radius 2 is 1.79 bits per heavy atom. The molecule has 0 radical (unpaired) electrons. The molecular weight excluding hydrogens is 496 g/mol. The number of carbonyl (C=O) groups is 2. The van der Waals surface area contributed by atoms with Gasteiger partial charge in [0.05, 0.1) is 12.0 Å². The predicted octanol–water partition coefficient (Wildman–Crippen LogP) is 4.64. The van der Waals surface area contributed by atoms with E-state index in [-0.39, 0.29) is 36.5 Å². The van der Waals surface area contributed by atoms with Crippen molar-refractivity contribution in [3.63, 3.8) is 0 Å². The zero-order valence-electron chi connectivity index (χ0n) is 23.2. The number of nitrogens with one attached hydrogen (secondary N) is 1. The van der Waals surface area contributed by atoms with Crippen molar-refractivity contribution in [3.8, 4) is 5.75 Å². The number of hydrogen-bond donors (Lipinski definition) is 2. The van der Waals surface area contributed by atoms with Crippen LogP contribution in [0.15, 0.2) is 23.0 Å². The maximum Gasteiger partial charge on any atom is 0.263 e. The van der Waals surface area contributed by atoms with E-state index in [0.29, 0.717) is 36.1 Å². The van der Waals surface area contributed by atoms with Crippen LogP contribution in [0.4, 0.5) is 5.95 Å². The molecular formula is C30H44N4O5. The number of aromatic nitrogens is 2. The zero-order valence-corrected chi connectivity index (χ0v) is 23.2. The second-order valence-electron chi connectivity index (χ2n) is 11.0. The number of amides is 2. The van der Waals surface area contributed by atoms with E-state index in [1.165, 1.54) is 49.5 Å². The number of ether oxygens (including phenoxy) is 1. The summed E-state index contributed by atoms with van der Waals surface area (Å²) in [6, 6.07) is 5.19. The van der Waals surface area contributed by atoms with Crippen LogP contribution in [0.3, 0.4) is 0 Å². The summed E-state index contributed by atoms with van der Waals surface area (Å²) in [5, 5.41) is 12.0. The van der Waals surface area contributed by atoms with Gasteiger partial charge in [-0.3, -0.25) is 24.3 Å². The minimum absolute atomic E-state index is 0.0250. The molecule has 2 amide bonds. The van der Waals surface area contributed by atoms with Crippen LogP contribution in [-0.2, 0) is 16.1 Å². The largest absolute Gasteiger partial charge is 0.491 e. The standard InChI is InChI=1S/C30H44N4O5/c35-20-9-2-1-7-18-33(19-8-6-14-23-12-4-3-5-13-23)27(37)17-11-21-39-25-16-10-15-24-28(25)32-30-31-26(36)22-34(30)29(24)38/h10,15-16,23,35H,1-9,11-14,17-22H2,(H,31,32,36). The van der Waals surface area contributed by atoms with Crippen LogP contribution < -0.4 is 15.6 Å². The lowest BCUT2D eigenvalue weighted by molar-refractivity contribution is -0.131. The van der Waals surface area contributed by atoms with Crippen molar-refractivity contribution in [2.45, 2.75) is 96.4 Å². The fourth-order valence-corrected chi connectivity index (χ4v) is 5.79. The lowest BCUT2D eigenvalue weighted by Crippen LogP contribution is -2.33. The first kappa shape index (κ1) is 29.1. The van der Waals surface area contributed by atoms with Crippen LogP contribution >= 0.6 is 0 Å². The molecule has 0 bridgehead atoms. The Kier molecular flexibility index (Phi) is 11.2. The van der Waals surface area contributed by atoms with Crippen molar-refractivity contribution in [2.75, 3.05) is 31.6 Å². The van der Waals surface area contributed by atoms with Gasteiger partial charge in [0, 0.05) is 26.1 Å². The Morgan fingerprint density at radius 1 is 1.03 bits per heavy atom. The van der Waals surface area contributed by atoms with Gasteiger partial charge >= 0.3 is 0 Å². The third-order valence-corrected chi connectivity index (χ3v) is 8.00. The molecule has 39 heavy (non-hydrogen) atoms. The summed E-state index contributed by atoms with van der Waals surface area (Å²) in [5.74, 6) is 1.48. The molecule has 1 aliphatic heterocycles. The average molecular weight is 541 g/mol. The number of carbonyl (C=O) groups excluding carboxylic acids is 2. The fraction of sp³-hybridized carbons (Fsp3) is 0.667. The maximum atomic E-state index is 13.1. The minimum Gasteiger partial charge on any atom is -0.491 e. The summed E-state index contributed by atoms with van der Waals surface area (Å²) in [6.07, 6.45) is 15.1. The number of hydrogen-bond acceptors (Lipinski definition) is 6. The monoisotopic (exact) mass is 540 g/mol. The molecule has 2 aliphatic rings. The van der Waals surface area contributed by atoms with Crippen LogP contribution in [0.5, 0.6) is 5.75 Å². The summed E-state index contributed by atoms with van der Waals surface area (Å²) >= 11 is 0. The van der Waals surface area contributed by atoms with Gasteiger partial charge in [-0.05, 0) is 43.7 Å². The third kappa shape index (κ3) is 8.27. The van der Waals surface area contributed by atoms with Gasteiger partial charge < -0.3 is 14.7 Å². The Balaban J connectivity index is 1.26. The number of rotatable bonds is 16. The molecule has 4 rings (SSSR count). The number of aliphatic hydroxyl groups excluding tert-OH is 1. The lowest BCUT2D eigenvalue weighted by Gasteiger charge is -2.24. The molecule has 0 atom stereocenters. The number of anilines is 1. The fourth-order valence-electron chi connectivity index (χ4n) is 5.79. The summed E-state index contributed by atoms with van der Waals surface area (Å²) < 4.78 is 7.30. The van der Waals surface area contributed by atoms with Crippen molar-refractivity contribution < 1.29 is 19.4 Å². The second kappa shape index (κ2) is 15.0. The van der Waals surface area contributed by atoms with Gasteiger partial charge in [0.2, 0.25) is 17.8 Å². The third-order valence-electron chi connectivity index (χ3n) is 8.00. The topological polar surface area (TPSA) is 114 Å². The Labute approximate surface area is 230 Å². The summed E-state index contributed by atoms with van der Waals surface area (Å²) in [4.78, 5) is 44.1. The van der Waals surface area contributed by atoms with Crippen LogP contribution in [0.25, 0.3) is 10.9 Å². The van der Waals surface area contributed by atoms with Crippen molar-refractivity contribution in [1.29, 1.82) is 0 Å². The molecule has 2 aromatic rings. The second-order valence-corrected chi connectivity index (χ2v) is 11.0. The van der Waals surface area contributed by atoms with E-state index in [0.717, 1.165) is 51.1 Å². The summed E-state index contributed by atoms with van der Waals surface area (Å²) in [6.45, 7) is 2.11. The van der Waals surface area contributed by atoms with E-state index in [2.05, 4.69) is 10.3 Å². The van der Waals surface area contributed by atoms with Crippen LogP contribution in [0.2, 0.25) is 0 Å². The first-order chi connectivity index (χ1) is 19.1.